The van der Waals surface area contributed by atoms with Crippen molar-refractivity contribution in [2.24, 2.45) is 0 Å². The Hall–Kier alpha value is -2.18. The number of amides is 1. The Morgan fingerprint density at radius 1 is 0.828 bits per heavy atom. The van der Waals surface area contributed by atoms with Crippen LogP contribution in [0.3, 0.4) is 0 Å². The molecule has 0 saturated heterocycles. The third kappa shape index (κ3) is 4.54. The van der Waals surface area contributed by atoms with Crippen LogP contribution in [0.25, 0.3) is 0 Å². The van der Waals surface area contributed by atoms with Crippen molar-refractivity contribution in [1.82, 2.24) is 4.72 Å². The molecule has 0 aliphatic heterocycles. The van der Waals surface area contributed by atoms with Crippen LogP contribution in [0.4, 0.5) is 5.69 Å². The van der Waals surface area contributed by atoms with Crippen LogP contribution in [0.5, 0.6) is 0 Å². The molecule has 0 aromatic heterocycles. The van der Waals surface area contributed by atoms with Crippen LogP contribution >= 0.6 is 0 Å². The maximum absolute atomic E-state index is 13.1. The number of rotatable bonds is 5. The van der Waals surface area contributed by atoms with Gasteiger partial charge in [0.1, 0.15) is 0 Å². The summed E-state index contributed by atoms with van der Waals surface area (Å²) in [6, 6.07) is 12.5. The summed E-state index contributed by atoms with van der Waals surface area (Å²) in [6.45, 7) is 0. The number of hydrogen-bond donors (Lipinski definition) is 2. The van der Waals surface area contributed by atoms with Crippen molar-refractivity contribution in [1.29, 1.82) is 0 Å². The Labute approximate surface area is 173 Å². The fourth-order valence-electron chi connectivity index (χ4n) is 4.49. The quantitative estimate of drug-likeness (QED) is 0.763. The van der Waals surface area contributed by atoms with E-state index in [9.17, 15) is 13.2 Å². The second-order valence-corrected chi connectivity index (χ2v) is 9.73. The lowest BCUT2D eigenvalue weighted by Gasteiger charge is -2.26. The molecule has 1 saturated carbocycles. The van der Waals surface area contributed by atoms with Crippen molar-refractivity contribution in [2.75, 3.05) is 5.32 Å². The number of fused-ring (bicyclic) bond motifs is 1. The summed E-state index contributed by atoms with van der Waals surface area (Å²) >= 11 is 0. The first-order valence-corrected chi connectivity index (χ1v) is 12.1. The Balaban J connectivity index is 1.62. The van der Waals surface area contributed by atoms with Gasteiger partial charge < -0.3 is 5.32 Å². The average molecular weight is 413 g/mol. The van der Waals surface area contributed by atoms with Crippen molar-refractivity contribution in [3.8, 4) is 0 Å². The van der Waals surface area contributed by atoms with E-state index in [2.05, 4.69) is 10.0 Å². The van der Waals surface area contributed by atoms with Gasteiger partial charge >= 0.3 is 0 Å². The van der Waals surface area contributed by atoms with E-state index < -0.39 is 10.0 Å². The third-order valence-electron chi connectivity index (χ3n) is 5.99. The Morgan fingerprint density at radius 2 is 1.52 bits per heavy atom. The first kappa shape index (κ1) is 20.1. The van der Waals surface area contributed by atoms with E-state index in [4.69, 9.17) is 0 Å². The molecule has 0 spiro atoms. The minimum atomic E-state index is -3.56. The Bertz CT molecular complexity index is 981. The molecule has 6 heteroatoms. The summed E-state index contributed by atoms with van der Waals surface area (Å²) in [6.07, 6.45) is 8.64. The topological polar surface area (TPSA) is 75.3 Å². The highest BCUT2D eigenvalue weighted by atomic mass is 32.2. The van der Waals surface area contributed by atoms with Gasteiger partial charge in [0.15, 0.2) is 0 Å². The molecule has 29 heavy (non-hydrogen) atoms. The van der Waals surface area contributed by atoms with Crippen LogP contribution in [-0.4, -0.2) is 20.4 Å². The normalized spacial score (nSPS) is 17.5. The molecule has 0 unspecified atom stereocenters. The van der Waals surface area contributed by atoms with E-state index in [1.54, 1.807) is 24.3 Å². The fraction of sp³-hybridized carbons (Fsp3) is 0.435. The van der Waals surface area contributed by atoms with E-state index in [-0.39, 0.29) is 11.9 Å². The molecule has 5 nitrogen and oxygen atoms in total. The summed E-state index contributed by atoms with van der Waals surface area (Å²) in [5, 5.41) is 2.99. The molecule has 2 aromatic rings. The van der Waals surface area contributed by atoms with Crippen molar-refractivity contribution in [3.63, 3.8) is 0 Å². The zero-order valence-corrected chi connectivity index (χ0v) is 17.4. The highest BCUT2D eigenvalue weighted by Gasteiger charge is 2.28. The van der Waals surface area contributed by atoms with Crippen molar-refractivity contribution in [2.45, 2.75) is 68.7 Å². The van der Waals surface area contributed by atoms with Gasteiger partial charge in [-0.15, -0.1) is 0 Å². The van der Waals surface area contributed by atoms with Crippen molar-refractivity contribution < 1.29 is 13.2 Å². The summed E-state index contributed by atoms with van der Waals surface area (Å²) in [5.41, 5.74) is 3.15. The highest BCUT2D eigenvalue weighted by molar-refractivity contribution is 7.89. The summed E-state index contributed by atoms with van der Waals surface area (Å²) in [4.78, 5) is 13.0. The van der Waals surface area contributed by atoms with Gasteiger partial charge in [-0.05, 0) is 73.9 Å². The summed E-state index contributed by atoms with van der Waals surface area (Å²) < 4.78 is 29.2. The number of sulfonamides is 1. The van der Waals surface area contributed by atoms with Gasteiger partial charge in [0.2, 0.25) is 10.0 Å². The molecule has 0 bridgehead atoms. The molecule has 1 fully saturated rings. The van der Waals surface area contributed by atoms with Crippen LogP contribution in [0.2, 0.25) is 0 Å². The zero-order chi connectivity index (χ0) is 20.3. The second-order valence-electron chi connectivity index (χ2n) is 8.05. The highest BCUT2D eigenvalue weighted by Crippen LogP contribution is 2.34. The zero-order valence-electron chi connectivity index (χ0n) is 16.6. The van der Waals surface area contributed by atoms with Crippen LogP contribution in [0, 0.1) is 0 Å². The van der Waals surface area contributed by atoms with Crippen molar-refractivity contribution >= 4 is 21.6 Å². The fourth-order valence-corrected chi connectivity index (χ4v) is 6.09. The van der Waals surface area contributed by atoms with Gasteiger partial charge in [-0.2, -0.15) is 0 Å². The third-order valence-corrected chi connectivity index (χ3v) is 7.60. The number of benzene rings is 2. The number of carbonyl (C=O) groups is 1. The van der Waals surface area contributed by atoms with Gasteiger partial charge in [0.25, 0.3) is 5.91 Å². The lowest BCUT2D eigenvalue weighted by Crippen LogP contribution is -2.36. The van der Waals surface area contributed by atoms with Gasteiger partial charge in [0, 0.05) is 17.3 Å². The molecule has 1 amide bonds. The number of hydrogen-bond acceptors (Lipinski definition) is 3. The average Bonchev–Trinajstić information content (AvgIpc) is 2.75. The maximum atomic E-state index is 13.1. The smallest absolute Gasteiger partial charge is 0.255 e. The van der Waals surface area contributed by atoms with Crippen LogP contribution < -0.4 is 10.0 Å². The molecule has 0 radical (unpaired) electrons. The van der Waals surface area contributed by atoms with E-state index in [1.807, 2.05) is 18.2 Å². The van der Waals surface area contributed by atoms with Gasteiger partial charge in [-0.1, -0.05) is 37.5 Å². The molecule has 4 rings (SSSR count). The van der Waals surface area contributed by atoms with Gasteiger partial charge in [0.05, 0.1) is 4.90 Å². The molecule has 2 aliphatic rings. The minimum absolute atomic E-state index is 0.0328. The molecule has 2 N–H and O–H groups in total. The second kappa shape index (κ2) is 8.67. The van der Waals surface area contributed by atoms with Crippen LogP contribution in [0.1, 0.15) is 66.4 Å². The molecule has 0 atom stereocenters. The van der Waals surface area contributed by atoms with Crippen molar-refractivity contribution in [3.05, 3.63) is 59.2 Å². The largest absolute Gasteiger partial charge is 0.322 e. The standard InChI is InChI=1S/C23H28N2O3S/c26-23(17-9-3-1-4-10-17)24-21-15-16-22(20-14-8-7-13-19(20)21)29(27,28)25-18-11-5-2-6-12-18/h1,3-4,9-10,15-16,18,25H,2,5-8,11-14H2,(H,24,26). The molecule has 154 valence electrons. The predicted molar refractivity (Wildman–Crippen MR) is 115 cm³/mol. The number of carbonyl (C=O) groups excluding carboxylic acids is 1. The lowest BCUT2D eigenvalue weighted by atomic mass is 9.90. The van der Waals surface area contributed by atoms with Gasteiger partial charge in [-0.3, -0.25) is 4.79 Å². The molecule has 2 aliphatic carbocycles. The van der Waals surface area contributed by atoms with E-state index >= 15 is 0 Å². The van der Waals surface area contributed by atoms with E-state index in [1.165, 1.54) is 6.42 Å². The Kier molecular flexibility index (Phi) is 6.01. The molecular weight excluding hydrogens is 384 g/mol. The van der Waals surface area contributed by atoms with Gasteiger partial charge in [-0.25, -0.2) is 13.1 Å². The molecular formula is C23H28N2O3S. The minimum Gasteiger partial charge on any atom is -0.322 e. The summed E-state index contributed by atoms with van der Waals surface area (Å²) in [5.74, 6) is -0.172. The monoisotopic (exact) mass is 412 g/mol. The van der Waals surface area contributed by atoms with Crippen LogP contribution in [-0.2, 0) is 22.9 Å². The molecule has 0 heterocycles. The predicted octanol–water partition coefficient (Wildman–Crippen LogP) is 4.43. The number of nitrogens with one attached hydrogen (secondary N) is 2. The first-order chi connectivity index (χ1) is 14.0. The van der Waals surface area contributed by atoms with Crippen LogP contribution in [0.15, 0.2) is 47.4 Å². The lowest BCUT2D eigenvalue weighted by molar-refractivity contribution is 0.102. The first-order valence-electron chi connectivity index (χ1n) is 10.6. The van der Waals surface area contributed by atoms with E-state index in [0.717, 1.165) is 68.2 Å². The maximum Gasteiger partial charge on any atom is 0.255 e. The SMILES string of the molecule is O=C(Nc1ccc(S(=O)(=O)NC2CCCCC2)c2c1CCCC2)c1ccccc1. The Morgan fingerprint density at radius 3 is 2.24 bits per heavy atom. The number of anilines is 1. The van der Waals surface area contributed by atoms with E-state index in [0.29, 0.717) is 10.5 Å². The summed E-state index contributed by atoms with van der Waals surface area (Å²) in [7, 11) is -3.56. The molecule has 2 aromatic carbocycles.